The van der Waals surface area contributed by atoms with Crippen molar-refractivity contribution in [1.82, 2.24) is 0 Å². The Labute approximate surface area is 137 Å². The fourth-order valence-corrected chi connectivity index (χ4v) is 3.24. The van der Waals surface area contributed by atoms with E-state index in [0.717, 1.165) is 27.0 Å². The van der Waals surface area contributed by atoms with Crippen molar-refractivity contribution in [1.29, 1.82) is 0 Å². The number of ether oxygens (including phenoxy) is 2. The zero-order chi connectivity index (χ0) is 14.8. The first-order chi connectivity index (χ1) is 10.1. The molecule has 0 aliphatic carbocycles. The highest BCUT2D eigenvalue weighted by Crippen LogP contribution is 2.32. The molecule has 0 atom stereocenters. The molecule has 2 aromatic rings. The van der Waals surface area contributed by atoms with E-state index in [2.05, 4.69) is 46.4 Å². The van der Waals surface area contributed by atoms with Crippen LogP contribution in [0.15, 0.2) is 34.8 Å². The summed E-state index contributed by atoms with van der Waals surface area (Å²) in [6.07, 6.45) is 0. The molecule has 1 aliphatic heterocycles. The minimum absolute atomic E-state index is 0.288. The summed E-state index contributed by atoms with van der Waals surface area (Å²) in [7, 11) is 0. The maximum atomic E-state index is 6.17. The molecule has 0 aromatic heterocycles. The van der Waals surface area contributed by atoms with Crippen LogP contribution in [0.2, 0.25) is 5.02 Å². The van der Waals surface area contributed by atoms with Gasteiger partial charge in [-0.05, 0) is 52.7 Å². The highest BCUT2D eigenvalue weighted by Gasteiger charge is 2.16. The second kappa shape index (κ2) is 6.26. The average molecular weight is 369 g/mol. The van der Waals surface area contributed by atoms with Gasteiger partial charge in [-0.2, -0.15) is 0 Å². The van der Waals surface area contributed by atoms with Crippen LogP contribution in [0.4, 0.5) is 5.69 Å². The smallest absolute Gasteiger partial charge is 0.189 e. The van der Waals surface area contributed by atoms with E-state index in [1.165, 1.54) is 5.56 Å². The summed E-state index contributed by atoms with van der Waals surface area (Å²) in [4.78, 5) is 0. The van der Waals surface area contributed by atoms with Crippen LogP contribution < -0.4 is 10.1 Å². The summed E-state index contributed by atoms with van der Waals surface area (Å²) in [6, 6.07) is 10.0. The Bertz CT molecular complexity index is 676. The molecular formula is C16H15BrClNO2. The number of halogens is 2. The number of nitrogens with one attached hydrogen (secondary N) is 1. The first-order valence-electron chi connectivity index (χ1n) is 6.65. The van der Waals surface area contributed by atoms with Crippen LogP contribution in [-0.2, 0) is 17.9 Å². The predicted octanol–water partition coefficient (Wildman–Crippen LogP) is 4.89. The van der Waals surface area contributed by atoms with Crippen molar-refractivity contribution in [3.8, 4) is 5.75 Å². The molecule has 0 saturated carbocycles. The van der Waals surface area contributed by atoms with Crippen molar-refractivity contribution in [2.45, 2.75) is 20.1 Å². The number of aryl methyl sites for hydroxylation is 1. The van der Waals surface area contributed by atoms with Crippen LogP contribution in [0, 0.1) is 6.92 Å². The van der Waals surface area contributed by atoms with E-state index in [0.29, 0.717) is 18.2 Å². The number of rotatable bonds is 3. The van der Waals surface area contributed by atoms with Gasteiger partial charge in [0.2, 0.25) is 0 Å². The lowest BCUT2D eigenvalue weighted by Gasteiger charge is -2.21. The van der Waals surface area contributed by atoms with Gasteiger partial charge in [0.1, 0.15) is 5.75 Å². The van der Waals surface area contributed by atoms with E-state index in [4.69, 9.17) is 21.1 Å². The second-order valence-corrected chi connectivity index (χ2v) is 6.29. The van der Waals surface area contributed by atoms with Gasteiger partial charge in [0.05, 0.1) is 6.61 Å². The molecular weight excluding hydrogens is 354 g/mol. The largest absolute Gasteiger partial charge is 0.467 e. The Morgan fingerprint density at radius 3 is 2.95 bits per heavy atom. The lowest BCUT2D eigenvalue weighted by atomic mass is 10.1. The average Bonchev–Trinajstić information content (AvgIpc) is 2.46. The van der Waals surface area contributed by atoms with Gasteiger partial charge < -0.3 is 14.8 Å². The van der Waals surface area contributed by atoms with Gasteiger partial charge in [0.25, 0.3) is 0 Å². The second-order valence-electron chi connectivity index (χ2n) is 5.00. The maximum Gasteiger partial charge on any atom is 0.189 e. The molecule has 0 spiro atoms. The molecule has 0 fully saturated rings. The molecule has 1 aliphatic rings. The topological polar surface area (TPSA) is 30.5 Å². The SMILES string of the molecule is Cc1ccc(NCc2cc(Cl)cc3c2OCOC3)c(Br)c1. The molecule has 0 unspecified atom stereocenters. The fraction of sp³-hybridized carbons (Fsp3) is 0.250. The molecule has 110 valence electrons. The highest BCUT2D eigenvalue weighted by molar-refractivity contribution is 9.10. The van der Waals surface area contributed by atoms with E-state index < -0.39 is 0 Å². The lowest BCUT2D eigenvalue weighted by molar-refractivity contribution is -0.0169. The van der Waals surface area contributed by atoms with Gasteiger partial charge in [0.15, 0.2) is 6.79 Å². The number of hydrogen-bond acceptors (Lipinski definition) is 3. The minimum atomic E-state index is 0.288. The molecule has 3 rings (SSSR count). The predicted molar refractivity (Wildman–Crippen MR) is 87.9 cm³/mol. The van der Waals surface area contributed by atoms with Crippen LogP contribution in [-0.4, -0.2) is 6.79 Å². The van der Waals surface area contributed by atoms with Crippen LogP contribution >= 0.6 is 27.5 Å². The van der Waals surface area contributed by atoms with Gasteiger partial charge in [-0.1, -0.05) is 17.7 Å². The van der Waals surface area contributed by atoms with Gasteiger partial charge in [-0.25, -0.2) is 0 Å². The Morgan fingerprint density at radius 2 is 2.14 bits per heavy atom. The van der Waals surface area contributed by atoms with Crippen molar-refractivity contribution >= 4 is 33.2 Å². The van der Waals surface area contributed by atoms with Crippen LogP contribution in [0.3, 0.4) is 0 Å². The van der Waals surface area contributed by atoms with E-state index in [-0.39, 0.29) is 6.79 Å². The number of benzene rings is 2. The Kier molecular flexibility index (Phi) is 4.38. The molecule has 0 bridgehead atoms. The lowest BCUT2D eigenvalue weighted by Crippen LogP contribution is -2.14. The third kappa shape index (κ3) is 3.34. The Balaban J connectivity index is 1.83. The standard InChI is InChI=1S/C16H15BrClNO2/c1-10-2-3-15(14(17)4-10)19-7-11-5-13(18)6-12-8-20-9-21-16(11)12/h2-6,19H,7-9H2,1H3. The summed E-state index contributed by atoms with van der Waals surface area (Å²) in [5.41, 5.74) is 4.29. The molecule has 21 heavy (non-hydrogen) atoms. The number of anilines is 1. The van der Waals surface area contributed by atoms with Gasteiger partial charge in [0, 0.05) is 32.9 Å². The van der Waals surface area contributed by atoms with Crippen LogP contribution in [0.1, 0.15) is 16.7 Å². The minimum Gasteiger partial charge on any atom is -0.467 e. The summed E-state index contributed by atoms with van der Waals surface area (Å²) >= 11 is 9.74. The first kappa shape index (κ1) is 14.7. The van der Waals surface area contributed by atoms with E-state index >= 15 is 0 Å². The molecule has 0 radical (unpaired) electrons. The zero-order valence-electron chi connectivity index (χ0n) is 11.6. The molecule has 5 heteroatoms. The number of hydrogen-bond donors (Lipinski definition) is 1. The third-order valence-electron chi connectivity index (χ3n) is 3.35. The number of fused-ring (bicyclic) bond motifs is 1. The van der Waals surface area contributed by atoms with E-state index in [9.17, 15) is 0 Å². The summed E-state index contributed by atoms with van der Waals surface area (Å²) in [5, 5.41) is 4.10. The Hall–Kier alpha value is -1.23. The highest BCUT2D eigenvalue weighted by atomic mass is 79.9. The van der Waals surface area contributed by atoms with Crippen molar-refractivity contribution in [2.75, 3.05) is 12.1 Å². The first-order valence-corrected chi connectivity index (χ1v) is 7.82. The van der Waals surface area contributed by atoms with Crippen molar-refractivity contribution in [3.63, 3.8) is 0 Å². The quantitative estimate of drug-likeness (QED) is 0.836. The third-order valence-corrected chi connectivity index (χ3v) is 4.22. The molecule has 1 heterocycles. The van der Waals surface area contributed by atoms with Gasteiger partial charge >= 0.3 is 0 Å². The van der Waals surface area contributed by atoms with E-state index in [1.54, 1.807) is 0 Å². The molecule has 3 nitrogen and oxygen atoms in total. The maximum absolute atomic E-state index is 6.17. The summed E-state index contributed by atoms with van der Waals surface area (Å²) in [6.45, 7) is 3.53. The van der Waals surface area contributed by atoms with Gasteiger partial charge in [-0.15, -0.1) is 0 Å². The van der Waals surface area contributed by atoms with Gasteiger partial charge in [-0.3, -0.25) is 0 Å². The summed E-state index contributed by atoms with van der Waals surface area (Å²) in [5.74, 6) is 0.876. The monoisotopic (exact) mass is 367 g/mol. The van der Waals surface area contributed by atoms with Crippen LogP contribution in [0.25, 0.3) is 0 Å². The van der Waals surface area contributed by atoms with E-state index in [1.807, 2.05) is 12.1 Å². The molecule has 0 amide bonds. The normalized spacial score (nSPS) is 13.5. The van der Waals surface area contributed by atoms with Crippen molar-refractivity contribution < 1.29 is 9.47 Å². The Morgan fingerprint density at radius 1 is 1.29 bits per heavy atom. The molecule has 1 N–H and O–H groups in total. The fourth-order valence-electron chi connectivity index (χ4n) is 2.34. The molecule has 2 aromatic carbocycles. The van der Waals surface area contributed by atoms with Crippen molar-refractivity contribution in [3.05, 3.63) is 56.5 Å². The summed E-state index contributed by atoms with van der Waals surface area (Å²) < 4.78 is 12.0. The molecule has 0 saturated heterocycles. The van der Waals surface area contributed by atoms with Crippen molar-refractivity contribution in [2.24, 2.45) is 0 Å². The van der Waals surface area contributed by atoms with Crippen LogP contribution in [0.5, 0.6) is 5.75 Å². The zero-order valence-corrected chi connectivity index (χ0v) is 13.9.